The second kappa shape index (κ2) is 5.32. The highest BCUT2D eigenvalue weighted by atomic mass is 32.2. The largest absolute Gasteiger partial charge is 0.383 e. The Balaban J connectivity index is 1.72. The van der Waals surface area contributed by atoms with Crippen LogP contribution in [0.5, 0.6) is 0 Å². The molecule has 0 aromatic carbocycles. The monoisotopic (exact) mass is 301 g/mol. The fraction of sp³-hybridized carbons (Fsp3) is 0.727. The van der Waals surface area contributed by atoms with Crippen molar-refractivity contribution in [2.24, 2.45) is 0 Å². The van der Waals surface area contributed by atoms with Crippen LogP contribution < -0.4 is 5.73 Å². The third-order valence-electron chi connectivity index (χ3n) is 3.94. The van der Waals surface area contributed by atoms with E-state index >= 15 is 0 Å². The Morgan fingerprint density at radius 1 is 1.35 bits per heavy atom. The average molecular weight is 301 g/mol. The van der Waals surface area contributed by atoms with Gasteiger partial charge in [0, 0.05) is 32.2 Å². The van der Waals surface area contributed by atoms with Crippen LogP contribution in [-0.4, -0.2) is 73.3 Å². The lowest BCUT2D eigenvalue weighted by Crippen LogP contribution is -2.45. The summed E-state index contributed by atoms with van der Waals surface area (Å²) in [6.45, 7) is 4.20. The summed E-state index contributed by atoms with van der Waals surface area (Å²) in [7, 11) is -3.54. The molecule has 2 aliphatic rings. The minimum atomic E-state index is -3.54. The Bertz CT molecular complexity index is 566. The van der Waals surface area contributed by atoms with Crippen molar-refractivity contribution in [3.05, 3.63) is 6.20 Å². The number of morpholine rings is 1. The lowest BCUT2D eigenvalue weighted by atomic mass is 10.2. The molecule has 0 spiro atoms. The number of nitrogens with one attached hydrogen (secondary N) is 1. The molecule has 0 aliphatic carbocycles. The highest BCUT2D eigenvalue weighted by Crippen LogP contribution is 2.26. The second-order valence-electron chi connectivity index (χ2n) is 5.10. The number of nitrogens with two attached hydrogens (primary N) is 1. The van der Waals surface area contributed by atoms with Crippen LogP contribution in [0, 0.1) is 0 Å². The van der Waals surface area contributed by atoms with E-state index in [-0.39, 0.29) is 16.8 Å². The number of aromatic amines is 1. The zero-order valence-electron chi connectivity index (χ0n) is 11.2. The molecule has 112 valence electrons. The number of H-pyrrole nitrogens is 1. The molecule has 2 saturated heterocycles. The van der Waals surface area contributed by atoms with Crippen molar-refractivity contribution in [1.82, 2.24) is 19.4 Å². The molecule has 0 bridgehead atoms. The van der Waals surface area contributed by atoms with Gasteiger partial charge in [-0.25, -0.2) is 8.42 Å². The first-order chi connectivity index (χ1) is 9.59. The van der Waals surface area contributed by atoms with Crippen LogP contribution >= 0.6 is 0 Å². The number of aromatic nitrogens is 2. The maximum absolute atomic E-state index is 12.5. The fourth-order valence-corrected chi connectivity index (χ4v) is 4.30. The van der Waals surface area contributed by atoms with E-state index in [1.807, 2.05) is 0 Å². The van der Waals surface area contributed by atoms with E-state index in [2.05, 4.69) is 15.1 Å². The third kappa shape index (κ3) is 2.41. The maximum Gasteiger partial charge on any atom is 0.248 e. The van der Waals surface area contributed by atoms with Gasteiger partial charge < -0.3 is 10.5 Å². The van der Waals surface area contributed by atoms with E-state index in [1.54, 1.807) is 0 Å². The topological polar surface area (TPSA) is 105 Å². The third-order valence-corrected chi connectivity index (χ3v) is 5.83. The first-order valence-electron chi connectivity index (χ1n) is 6.70. The number of nitrogens with zero attached hydrogens (tertiary/aromatic N) is 3. The summed E-state index contributed by atoms with van der Waals surface area (Å²) in [5, 5.41) is 6.15. The van der Waals surface area contributed by atoms with Gasteiger partial charge in [0.2, 0.25) is 10.0 Å². The minimum Gasteiger partial charge on any atom is -0.383 e. The summed E-state index contributed by atoms with van der Waals surface area (Å²) in [5.74, 6) is 0.0971. The van der Waals surface area contributed by atoms with Crippen molar-refractivity contribution in [2.75, 3.05) is 45.1 Å². The quantitative estimate of drug-likeness (QED) is 0.749. The van der Waals surface area contributed by atoms with Crippen LogP contribution in [0.1, 0.15) is 6.42 Å². The number of hydrogen-bond donors (Lipinski definition) is 2. The van der Waals surface area contributed by atoms with Crippen molar-refractivity contribution >= 4 is 15.8 Å². The molecule has 8 nitrogen and oxygen atoms in total. The minimum absolute atomic E-state index is 0.0696. The van der Waals surface area contributed by atoms with E-state index in [4.69, 9.17) is 10.5 Å². The fourth-order valence-electron chi connectivity index (χ4n) is 2.80. The highest BCUT2D eigenvalue weighted by molar-refractivity contribution is 7.89. The van der Waals surface area contributed by atoms with Crippen molar-refractivity contribution in [3.8, 4) is 0 Å². The molecule has 1 aromatic rings. The van der Waals surface area contributed by atoms with E-state index in [1.165, 1.54) is 10.5 Å². The summed E-state index contributed by atoms with van der Waals surface area (Å²) in [5.41, 5.74) is 5.62. The van der Waals surface area contributed by atoms with E-state index in [0.29, 0.717) is 13.1 Å². The predicted molar refractivity (Wildman–Crippen MR) is 72.6 cm³/mol. The van der Waals surface area contributed by atoms with E-state index in [9.17, 15) is 8.42 Å². The van der Waals surface area contributed by atoms with Crippen LogP contribution in [0.25, 0.3) is 0 Å². The highest BCUT2D eigenvalue weighted by Gasteiger charge is 2.36. The number of ether oxygens (including phenoxy) is 1. The molecule has 20 heavy (non-hydrogen) atoms. The molecular weight excluding hydrogens is 282 g/mol. The number of rotatable bonds is 3. The molecule has 0 saturated carbocycles. The van der Waals surface area contributed by atoms with Crippen molar-refractivity contribution in [3.63, 3.8) is 0 Å². The number of nitrogen functional groups attached to an aromatic ring is 1. The number of sulfonamides is 1. The summed E-state index contributed by atoms with van der Waals surface area (Å²) in [6, 6.07) is 0.266. The van der Waals surface area contributed by atoms with Crippen LogP contribution in [-0.2, 0) is 14.8 Å². The molecule has 1 unspecified atom stereocenters. The molecule has 3 rings (SSSR count). The van der Waals surface area contributed by atoms with Gasteiger partial charge in [-0.15, -0.1) is 0 Å². The second-order valence-corrected chi connectivity index (χ2v) is 7.01. The average Bonchev–Trinajstić information content (AvgIpc) is 3.08. The van der Waals surface area contributed by atoms with Gasteiger partial charge in [-0.3, -0.25) is 10.00 Å². The van der Waals surface area contributed by atoms with E-state index in [0.717, 1.165) is 32.7 Å². The lowest BCUT2D eigenvalue weighted by Gasteiger charge is -2.32. The van der Waals surface area contributed by atoms with Gasteiger partial charge in [0.1, 0.15) is 10.7 Å². The van der Waals surface area contributed by atoms with Gasteiger partial charge in [0.15, 0.2) is 0 Å². The maximum atomic E-state index is 12.5. The van der Waals surface area contributed by atoms with Crippen molar-refractivity contribution in [2.45, 2.75) is 17.4 Å². The number of hydrogen-bond acceptors (Lipinski definition) is 6. The standard InChI is InChI=1S/C11H19N5O3S/c12-11-10(7-13-14-11)20(17,18)16-2-1-9(8-16)15-3-5-19-6-4-15/h7,9H,1-6,8H2,(H3,12,13,14). The summed E-state index contributed by atoms with van der Waals surface area (Å²) >= 11 is 0. The SMILES string of the molecule is Nc1[nH]ncc1S(=O)(=O)N1CCC(N2CCOCC2)C1. The first-order valence-corrected chi connectivity index (χ1v) is 8.14. The van der Waals surface area contributed by atoms with Gasteiger partial charge >= 0.3 is 0 Å². The molecule has 0 radical (unpaired) electrons. The normalized spacial score (nSPS) is 26.1. The number of anilines is 1. The Kier molecular flexibility index (Phi) is 3.67. The molecule has 1 atom stereocenters. The molecule has 3 heterocycles. The van der Waals surface area contributed by atoms with Crippen molar-refractivity contribution in [1.29, 1.82) is 0 Å². The van der Waals surface area contributed by atoms with Crippen LogP contribution in [0.3, 0.4) is 0 Å². The lowest BCUT2D eigenvalue weighted by molar-refractivity contribution is 0.0197. The van der Waals surface area contributed by atoms with Gasteiger partial charge in [0.05, 0.1) is 19.4 Å². The zero-order chi connectivity index (χ0) is 14.2. The van der Waals surface area contributed by atoms with Crippen molar-refractivity contribution < 1.29 is 13.2 Å². The van der Waals surface area contributed by atoms with Gasteiger partial charge in [0.25, 0.3) is 0 Å². The smallest absolute Gasteiger partial charge is 0.248 e. The van der Waals surface area contributed by atoms with Gasteiger partial charge in [-0.2, -0.15) is 9.40 Å². The van der Waals surface area contributed by atoms with Crippen LogP contribution in [0.2, 0.25) is 0 Å². The Labute approximate surface area is 117 Å². The summed E-state index contributed by atoms with van der Waals surface area (Å²) < 4.78 is 31.8. The van der Waals surface area contributed by atoms with E-state index < -0.39 is 10.0 Å². The molecule has 0 amide bonds. The van der Waals surface area contributed by atoms with Crippen LogP contribution in [0.4, 0.5) is 5.82 Å². The molecule has 9 heteroatoms. The molecule has 2 aliphatic heterocycles. The van der Waals surface area contributed by atoms with Gasteiger partial charge in [-0.1, -0.05) is 0 Å². The predicted octanol–water partition coefficient (Wildman–Crippen LogP) is -0.913. The Morgan fingerprint density at radius 3 is 2.75 bits per heavy atom. The molecular formula is C11H19N5O3S. The Hall–Kier alpha value is -1.16. The zero-order valence-corrected chi connectivity index (χ0v) is 12.0. The first kappa shape index (κ1) is 13.8. The molecule has 3 N–H and O–H groups in total. The molecule has 1 aromatic heterocycles. The molecule has 2 fully saturated rings. The van der Waals surface area contributed by atoms with Crippen LogP contribution in [0.15, 0.2) is 11.1 Å². The summed E-state index contributed by atoms with van der Waals surface area (Å²) in [6.07, 6.45) is 2.11. The van der Waals surface area contributed by atoms with Gasteiger partial charge in [-0.05, 0) is 6.42 Å². The summed E-state index contributed by atoms with van der Waals surface area (Å²) in [4.78, 5) is 2.37. The Morgan fingerprint density at radius 2 is 2.10 bits per heavy atom.